The molecule has 2 aromatic rings. The zero-order valence-corrected chi connectivity index (χ0v) is 9.13. The Labute approximate surface area is 98.1 Å². The van der Waals surface area contributed by atoms with Crippen LogP contribution in [0.25, 0.3) is 10.8 Å². The Morgan fingerprint density at radius 3 is 2.88 bits per heavy atom. The standard InChI is InChI=1S/C12H13N3O2/c13-10(12(16)17)6-7-1-2-8-3-4-15-11(14)9(8)5-7/h1-5,10H,6,13H2,(H2,14,15)(H,16,17)/t10-/m0/s1. The predicted octanol–water partition coefficient (Wildman–Crippen LogP) is 0.771. The van der Waals surface area contributed by atoms with Crippen molar-refractivity contribution in [2.24, 2.45) is 5.73 Å². The molecule has 0 unspecified atom stereocenters. The molecule has 1 aromatic heterocycles. The first-order valence-corrected chi connectivity index (χ1v) is 5.19. The number of carbonyl (C=O) groups is 1. The zero-order chi connectivity index (χ0) is 12.4. The molecule has 0 saturated carbocycles. The van der Waals surface area contributed by atoms with Gasteiger partial charge in [0.1, 0.15) is 11.9 Å². The Balaban J connectivity index is 2.37. The molecule has 2 rings (SSSR count). The van der Waals surface area contributed by atoms with Gasteiger partial charge in [-0.2, -0.15) is 0 Å². The van der Waals surface area contributed by atoms with E-state index in [4.69, 9.17) is 16.6 Å². The SMILES string of the molecule is Nc1nccc2ccc(C[C@H](N)C(=O)O)cc12. The van der Waals surface area contributed by atoms with Gasteiger partial charge in [-0.25, -0.2) is 4.98 Å². The molecule has 17 heavy (non-hydrogen) atoms. The van der Waals surface area contributed by atoms with E-state index in [0.717, 1.165) is 16.3 Å². The fourth-order valence-corrected chi connectivity index (χ4v) is 1.71. The number of benzene rings is 1. The summed E-state index contributed by atoms with van der Waals surface area (Å²) < 4.78 is 0. The van der Waals surface area contributed by atoms with Crippen LogP contribution in [0.2, 0.25) is 0 Å². The van der Waals surface area contributed by atoms with E-state index in [9.17, 15) is 4.79 Å². The van der Waals surface area contributed by atoms with Crippen LogP contribution < -0.4 is 11.5 Å². The molecule has 0 radical (unpaired) electrons. The van der Waals surface area contributed by atoms with Gasteiger partial charge in [0.15, 0.2) is 0 Å². The van der Waals surface area contributed by atoms with E-state index < -0.39 is 12.0 Å². The Bertz CT molecular complexity index is 569. The number of aliphatic carboxylic acids is 1. The lowest BCUT2D eigenvalue weighted by molar-refractivity contribution is -0.138. The number of nitrogen functional groups attached to an aromatic ring is 1. The maximum atomic E-state index is 10.7. The highest BCUT2D eigenvalue weighted by Gasteiger charge is 2.12. The number of hydrogen-bond donors (Lipinski definition) is 3. The van der Waals surface area contributed by atoms with Gasteiger partial charge in [-0.05, 0) is 29.5 Å². The van der Waals surface area contributed by atoms with E-state index in [1.807, 2.05) is 24.3 Å². The molecule has 0 spiro atoms. The topological polar surface area (TPSA) is 102 Å². The van der Waals surface area contributed by atoms with Crippen molar-refractivity contribution in [1.82, 2.24) is 4.98 Å². The van der Waals surface area contributed by atoms with E-state index in [0.29, 0.717) is 5.82 Å². The number of pyridine rings is 1. The lowest BCUT2D eigenvalue weighted by Gasteiger charge is -2.08. The van der Waals surface area contributed by atoms with Crippen LogP contribution in [0.4, 0.5) is 5.82 Å². The summed E-state index contributed by atoms with van der Waals surface area (Å²) >= 11 is 0. The molecular weight excluding hydrogens is 218 g/mol. The summed E-state index contributed by atoms with van der Waals surface area (Å²) in [5.74, 6) is -0.572. The number of carboxylic acids is 1. The molecule has 0 aliphatic carbocycles. The third-order valence-corrected chi connectivity index (χ3v) is 2.63. The highest BCUT2D eigenvalue weighted by Crippen LogP contribution is 2.20. The Kier molecular flexibility index (Phi) is 2.93. The number of nitrogens with two attached hydrogens (primary N) is 2. The molecular formula is C12H13N3O2. The van der Waals surface area contributed by atoms with Crippen molar-refractivity contribution in [3.05, 3.63) is 36.0 Å². The summed E-state index contributed by atoms with van der Waals surface area (Å²) in [5, 5.41) is 10.5. The predicted molar refractivity (Wildman–Crippen MR) is 65.5 cm³/mol. The van der Waals surface area contributed by atoms with Gasteiger partial charge in [-0.15, -0.1) is 0 Å². The minimum absolute atomic E-state index is 0.277. The van der Waals surface area contributed by atoms with Gasteiger partial charge in [-0.3, -0.25) is 4.79 Å². The number of hydrogen-bond acceptors (Lipinski definition) is 4. The van der Waals surface area contributed by atoms with Gasteiger partial charge in [0.25, 0.3) is 0 Å². The van der Waals surface area contributed by atoms with E-state index in [2.05, 4.69) is 4.98 Å². The third-order valence-electron chi connectivity index (χ3n) is 2.63. The Morgan fingerprint density at radius 1 is 1.41 bits per heavy atom. The number of anilines is 1. The van der Waals surface area contributed by atoms with Crippen LogP contribution in [0.3, 0.4) is 0 Å². The Hall–Kier alpha value is -2.14. The first kappa shape index (κ1) is 11.3. The molecule has 0 bridgehead atoms. The normalized spacial score (nSPS) is 12.5. The van der Waals surface area contributed by atoms with E-state index in [-0.39, 0.29) is 6.42 Å². The molecule has 1 heterocycles. The van der Waals surface area contributed by atoms with Crippen molar-refractivity contribution in [2.75, 3.05) is 5.73 Å². The van der Waals surface area contributed by atoms with Crippen LogP contribution >= 0.6 is 0 Å². The minimum atomic E-state index is -1.01. The molecule has 88 valence electrons. The average molecular weight is 231 g/mol. The monoisotopic (exact) mass is 231 g/mol. The average Bonchev–Trinajstić information content (AvgIpc) is 2.30. The summed E-state index contributed by atoms with van der Waals surface area (Å²) in [6, 6.07) is 6.53. The van der Waals surface area contributed by atoms with Crippen LogP contribution in [-0.2, 0) is 11.2 Å². The maximum absolute atomic E-state index is 10.7. The zero-order valence-electron chi connectivity index (χ0n) is 9.13. The highest BCUT2D eigenvalue weighted by atomic mass is 16.4. The molecule has 0 aliphatic rings. The van der Waals surface area contributed by atoms with Crippen molar-refractivity contribution < 1.29 is 9.90 Å². The molecule has 0 amide bonds. The van der Waals surface area contributed by atoms with Crippen LogP contribution in [0.15, 0.2) is 30.5 Å². The van der Waals surface area contributed by atoms with Crippen molar-refractivity contribution in [1.29, 1.82) is 0 Å². The van der Waals surface area contributed by atoms with E-state index in [1.54, 1.807) is 6.20 Å². The van der Waals surface area contributed by atoms with Gasteiger partial charge < -0.3 is 16.6 Å². The summed E-state index contributed by atoms with van der Waals surface area (Å²) in [4.78, 5) is 14.7. The first-order chi connectivity index (χ1) is 8.08. The van der Waals surface area contributed by atoms with Crippen molar-refractivity contribution in [2.45, 2.75) is 12.5 Å². The highest BCUT2D eigenvalue weighted by molar-refractivity contribution is 5.91. The molecule has 0 saturated heterocycles. The molecule has 5 nitrogen and oxygen atoms in total. The lowest BCUT2D eigenvalue weighted by atomic mass is 10.0. The van der Waals surface area contributed by atoms with Gasteiger partial charge in [0.2, 0.25) is 0 Å². The number of fused-ring (bicyclic) bond motifs is 1. The molecule has 5 heteroatoms. The summed E-state index contributed by atoms with van der Waals surface area (Å²) in [5.41, 5.74) is 12.1. The van der Waals surface area contributed by atoms with Crippen LogP contribution in [0.1, 0.15) is 5.56 Å². The molecule has 1 aromatic carbocycles. The van der Waals surface area contributed by atoms with Crippen molar-refractivity contribution >= 4 is 22.6 Å². The van der Waals surface area contributed by atoms with Gasteiger partial charge in [-0.1, -0.05) is 12.1 Å². The number of carboxylic acid groups (broad SMARTS) is 1. The Morgan fingerprint density at radius 2 is 2.18 bits per heavy atom. The summed E-state index contributed by atoms with van der Waals surface area (Å²) in [6.45, 7) is 0. The number of rotatable bonds is 3. The quantitative estimate of drug-likeness (QED) is 0.724. The third kappa shape index (κ3) is 2.34. The second-order valence-corrected chi connectivity index (χ2v) is 3.90. The molecule has 0 fully saturated rings. The van der Waals surface area contributed by atoms with Crippen molar-refractivity contribution in [3.63, 3.8) is 0 Å². The molecule has 5 N–H and O–H groups in total. The minimum Gasteiger partial charge on any atom is -0.480 e. The van der Waals surface area contributed by atoms with Crippen LogP contribution in [0.5, 0.6) is 0 Å². The lowest BCUT2D eigenvalue weighted by Crippen LogP contribution is -2.32. The second kappa shape index (κ2) is 4.39. The smallest absolute Gasteiger partial charge is 0.320 e. The van der Waals surface area contributed by atoms with Gasteiger partial charge >= 0.3 is 5.97 Å². The van der Waals surface area contributed by atoms with Gasteiger partial charge in [0.05, 0.1) is 0 Å². The van der Waals surface area contributed by atoms with Crippen molar-refractivity contribution in [3.8, 4) is 0 Å². The van der Waals surface area contributed by atoms with E-state index in [1.165, 1.54) is 0 Å². The second-order valence-electron chi connectivity index (χ2n) is 3.90. The first-order valence-electron chi connectivity index (χ1n) is 5.19. The molecule has 0 aliphatic heterocycles. The maximum Gasteiger partial charge on any atom is 0.320 e. The van der Waals surface area contributed by atoms with Crippen LogP contribution in [0, 0.1) is 0 Å². The fourth-order valence-electron chi connectivity index (χ4n) is 1.71. The summed E-state index contributed by atoms with van der Waals surface area (Å²) in [7, 11) is 0. The largest absolute Gasteiger partial charge is 0.480 e. The summed E-state index contributed by atoms with van der Waals surface area (Å²) in [6.07, 6.45) is 1.92. The fraction of sp³-hybridized carbons (Fsp3) is 0.167. The van der Waals surface area contributed by atoms with Crippen LogP contribution in [-0.4, -0.2) is 22.1 Å². The van der Waals surface area contributed by atoms with Gasteiger partial charge in [0, 0.05) is 11.6 Å². The number of nitrogens with zero attached hydrogens (tertiary/aromatic N) is 1. The number of aromatic nitrogens is 1. The van der Waals surface area contributed by atoms with E-state index >= 15 is 0 Å². The molecule has 1 atom stereocenters.